The van der Waals surface area contributed by atoms with Crippen molar-refractivity contribution in [3.05, 3.63) is 58.7 Å². The average molecular weight is 415 g/mol. The third-order valence-electron chi connectivity index (χ3n) is 4.57. The highest BCUT2D eigenvalue weighted by Gasteiger charge is 2.21. The van der Waals surface area contributed by atoms with Gasteiger partial charge < -0.3 is 10.2 Å². The standard InChI is InChI=1S/C19H19ClN6OS/c20-15-5-1-2-6-16(15)26-9-3-4-14(11-26)23-17-8-7-13(10-21-17)18(27)24-19-25-22-12-28-19/h1-2,5-8,10,12,14H,3-4,9,11H2,(H,21,23)(H,24,25,27). The molecule has 1 fully saturated rings. The van der Waals surface area contributed by atoms with E-state index in [9.17, 15) is 4.79 Å². The first-order valence-electron chi connectivity index (χ1n) is 8.98. The number of benzene rings is 1. The molecule has 1 unspecified atom stereocenters. The van der Waals surface area contributed by atoms with Gasteiger partial charge in [0.25, 0.3) is 5.91 Å². The fraction of sp³-hybridized carbons (Fsp3) is 0.263. The lowest BCUT2D eigenvalue weighted by Crippen LogP contribution is -2.42. The normalized spacial score (nSPS) is 16.6. The molecule has 1 amide bonds. The van der Waals surface area contributed by atoms with Crippen LogP contribution >= 0.6 is 22.9 Å². The van der Waals surface area contributed by atoms with Gasteiger partial charge in [-0.05, 0) is 37.1 Å². The van der Waals surface area contributed by atoms with E-state index >= 15 is 0 Å². The maximum Gasteiger partial charge on any atom is 0.259 e. The van der Waals surface area contributed by atoms with Crippen LogP contribution < -0.4 is 15.5 Å². The third kappa shape index (κ3) is 4.40. The van der Waals surface area contributed by atoms with E-state index < -0.39 is 0 Å². The Kier molecular flexibility index (Phi) is 5.68. The van der Waals surface area contributed by atoms with Gasteiger partial charge in [-0.15, -0.1) is 10.2 Å². The molecular weight excluding hydrogens is 396 g/mol. The van der Waals surface area contributed by atoms with E-state index in [0.29, 0.717) is 10.7 Å². The molecular formula is C19H19ClN6OS. The summed E-state index contributed by atoms with van der Waals surface area (Å²) in [5.74, 6) is 0.497. The Morgan fingerprint density at radius 1 is 1.25 bits per heavy atom. The minimum absolute atomic E-state index is 0.252. The van der Waals surface area contributed by atoms with Crippen molar-refractivity contribution >= 4 is 45.5 Å². The number of anilines is 3. The number of nitrogens with one attached hydrogen (secondary N) is 2. The topological polar surface area (TPSA) is 83.0 Å². The number of aromatic nitrogens is 3. The van der Waals surface area contributed by atoms with Crippen molar-refractivity contribution in [3.63, 3.8) is 0 Å². The molecule has 9 heteroatoms. The van der Waals surface area contributed by atoms with Crippen LogP contribution in [0.5, 0.6) is 0 Å². The summed E-state index contributed by atoms with van der Waals surface area (Å²) in [6.07, 6.45) is 3.69. The van der Waals surface area contributed by atoms with Crippen molar-refractivity contribution in [2.45, 2.75) is 18.9 Å². The fourth-order valence-corrected chi connectivity index (χ4v) is 3.94. The monoisotopic (exact) mass is 414 g/mol. The van der Waals surface area contributed by atoms with Crippen molar-refractivity contribution in [2.24, 2.45) is 0 Å². The van der Waals surface area contributed by atoms with Gasteiger partial charge in [0.05, 0.1) is 16.3 Å². The minimum atomic E-state index is -0.252. The summed E-state index contributed by atoms with van der Waals surface area (Å²) in [7, 11) is 0. The van der Waals surface area contributed by atoms with Gasteiger partial charge in [-0.3, -0.25) is 10.1 Å². The number of pyridine rings is 1. The predicted octanol–water partition coefficient (Wildman–Crippen LogP) is 3.92. The summed E-state index contributed by atoms with van der Waals surface area (Å²) in [4.78, 5) is 18.9. The van der Waals surface area contributed by atoms with Crippen LogP contribution in [0, 0.1) is 0 Å². The number of nitrogens with zero attached hydrogens (tertiary/aromatic N) is 4. The number of para-hydroxylation sites is 1. The zero-order valence-electron chi connectivity index (χ0n) is 15.0. The van der Waals surface area contributed by atoms with Gasteiger partial charge in [-0.2, -0.15) is 0 Å². The molecule has 0 saturated carbocycles. The SMILES string of the molecule is O=C(Nc1nncs1)c1ccc(NC2CCCN(c3ccccc3Cl)C2)nc1. The lowest BCUT2D eigenvalue weighted by atomic mass is 10.0. The molecule has 3 aromatic rings. The van der Waals surface area contributed by atoms with E-state index in [-0.39, 0.29) is 11.9 Å². The lowest BCUT2D eigenvalue weighted by molar-refractivity contribution is 0.102. The van der Waals surface area contributed by atoms with Crippen LogP contribution in [-0.2, 0) is 0 Å². The van der Waals surface area contributed by atoms with E-state index in [4.69, 9.17) is 11.6 Å². The molecule has 144 valence electrons. The molecule has 1 atom stereocenters. The van der Waals surface area contributed by atoms with Gasteiger partial charge in [-0.1, -0.05) is 35.1 Å². The number of amides is 1. The van der Waals surface area contributed by atoms with Crippen molar-refractivity contribution < 1.29 is 4.79 Å². The van der Waals surface area contributed by atoms with Crippen molar-refractivity contribution in [3.8, 4) is 0 Å². The van der Waals surface area contributed by atoms with E-state index in [1.807, 2.05) is 30.3 Å². The molecule has 28 heavy (non-hydrogen) atoms. The Morgan fingerprint density at radius 2 is 2.14 bits per heavy atom. The number of piperidine rings is 1. The Hall–Kier alpha value is -2.71. The summed E-state index contributed by atoms with van der Waals surface area (Å²) >= 11 is 7.61. The molecule has 0 spiro atoms. The summed E-state index contributed by atoms with van der Waals surface area (Å²) in [5.41, 5.74) is 3.10. The smallest absolute Gasteiger partial charge is 0.259 e. The molecule has 0 aliphatic carbocycles. The Bertz CT molecular complexity index is 934. The second-order valence-electron chi connectivity index (χ2n) is 6.51. The van der Waals surface area contributed by atoms with E-state index in [2.05, 4.69) is 30.7 Å². The number of hydrogen-bond acceptors (Lipinski definition) is 7. The number of halogens is 1. The maximum absolute atomic E-state index is 12.2. The molecule has 3 heterocycles. The molecule has 1 aromatic carbocycles. The summed E-state index contributed by atoms with van der Waals surface area (Å²) < 4.78 is 0. The zero-order valence-corrected chi connectivity index (χ0v) is 16.6. The second-order valence-corrected chi connectivity index (χ2v) is 7.75. The van der Waals surface area contributed by atoms with Crippen LogP contribution in [0.2, 0.25) is 5.02 Å². The van der Waals surface area contributed by atoms with Crippen LogP contribution in [0.4, 0.5) is 16.6 Å². The predicted molar refractivity (Wildman–Crippen MR) is 112 cm³/mol. The number of carbonyl (C=O) groups excluding carboxylic acids is 1. The highest BCUT2D eigenvalue weighted by molar-refractivity contribution is 7.13. The van der Waals surface area contributed by atoms with Gasteiger partial charge in [0.2, 0.25) is 5.13 Å². The fourth-order valence-electron chi connectivity index (χ4n) is 3.24. The van der Waals surface area contributed by atoms with Crippen LogP contribution in [0.3, 0.4) is 0 Å². The molecule has 0 bridgehead atoms. The first-order chi connectivity index (χ1) is 13.7. The van der Waals surface area contributed by atoms with E-state index in [1.165, 1.54) is 11.3 Å². The first kappa shape index (κ1) is 18.6. The van der Waals surface area contributed by atoms with Crippen molar-refractivity contribution in [1.82, 2.24) is 15.2 Å². The van der Waals surface area contributed by atoms with Crippen LogP contribution in [0.15, 0.2) is 48.1 Å². The minimum Gasteiger partial charge on any atom is -0.368 e. The summed E-state index contributed by atoms with van der Waals surface area (Å²) in [6, 6.07) is 11.8. The van der Waals surface area contributed by atoms with Gasteiger partial charge in [0.1, 0.15) is 11.3 Å². The van der Waals surface area contributed by atoms with Crippen LogP contribution in [0.25, 0.3) is 0 Å². The third-order valence-corrected chi connectivity index (χ3v) is 5.50. The van der Waals surface area contributed by atoms with Gasteiger partial charge >= 0.3 is 0 Å². The quantitative estimate of drug-likeness (QED) is 0.658. The molecule has 7 nitrogen and oxygen atoms in total. The summed E-state index contributed by atoms with van der Waals surface area (Å²) in [5, 5.41) is 14.9. The van der Waals surface area contributed by atoms with Gasteiger partial charge in [0, 0.05) is 25.3 Å². The van der Waals surface area contributed by atoms with Crippen LogP contribution in [-0.4, -0.2) is 40.2 Å². The van der Waals surface area contributed by atoms with E-state index in [1.54, 1.807) is 17.8 Å². The van der Waals surface area contributed by atoms with Crippen LogP contribution in [0.1, 0.15) is 23.2 Å². The second kappa shape index (κ2) is 8.53. The molecule has 4 rings (SSSR count). The number of carbonyl (C=O) groups is 1. The van der Waals surface area contributed by atoms with E-state index in [0.717, 1.165) is 42.5 Å². The molecule has 2 aromatic heterocycles. The largest absolute Gasteiger partial charge is 0.368 e. The molecule has 2 N–H and O–H groups in total. The highest BCUT2D eigenvalue weighted by Crippen LogP contribution is 2.28. The molecule has 1 aliphatic heterocycles. The van der Waals surface area contributed by atoms with Gasteiger partial charge in [0.15, 0.2) is 0 Å². The summed E-state index contributed by atoms with van der Waals surface area (Å²) in [6.45, 7) is 1.84. The van der Waals surface area contributed by atoms with Gasteiger partial charge in [-0.25, -0.2) is 4.98 Å². The highest BCUT2D eigenvalue weighted by atomic mass is 35.5. The zero-order chi connectivity index (χ0) is 19.3. The maximum atomic E-state index is 12.2. The molecule has 1 saturated heterocycles. The van der Waals surface area contributed by atoms with Crippen molar-refractivity contribution in [2.75, 3.05) is 28.6 Å². The lowest BCUT2D eigenvalue weighted by Gasteiger charge is -2.35. The number of hydrogen-bond donors (Lipinski definition) is 2. The number of rotatable bonds is 5. The Morgan fingerprint density at radius 3 is 2.89 bits per heavy atom. The molecule has 0 radical (unpaired) electrons. The first-order valence-corrected chi connectivity index (χ1v) is 10.2. The molecule has 1 aliphatic rings. The Labute approximate surface area is 171 Å². The van der Waals surface area contributed by atoms with Crippen molar-refractivity contribution in [1.29, 1.82) is 0 Å². The average Bonchev–Trinajstić information content (AvgIpc) is 3.22. The Balaban J connectivity index is 1.37.